The summed E-state index contributed by atoms with van der Waals surface area (Å²) in [4.78, 5) is 94.1. The number of hydrogen-bond donors (Lipinski definition) is 12. The topological polar surface area (TPSA) is 529 Å². The fourth-order valence-electron chi connectivity index (χ4n) is 9.61. The molecule has 15 N–H and O–H groups in total. The van der Waals surface area contributed by atoms with Crippen LogP contribution >= 0.6 is 30.8 Å². The third-order valence-corrected chi connectivity index (χ3v) is 19.2. The quantitative estimate of drug-likeness (QED) is 0.0249. The molecule has 41 heteroatoms. The van der Waals surface area contributed by atoms with Crippen LogP contribution in [0.15, 0.2) is 39.6 Å². The molecule has 0 bridgehead atoms. The lowest BCUT2D eigenvalue weighted by Crippen LogP contribution is -2.38. The molecular weight excluding hydrogens is 1170 g/mol. The first-order valence-electron chi connectivity index (χ1n) is 24.4. The summed E-state index contributed by atoms with van der Waals surface area (Å²) in [6.45, 7) is -2.65. The second-order valence-electron chi connectivity index (χ2n) is 18.9. The van der Waals surface area contributed by atoms with Crippen LogP contribution in [0.1, 0.15) is 43.6 Å². The molecule has 16 atom stereocenters. The highest BCUT2D eigenvalue weighted by atomic mass is 31.3. The number of aromatic amines is 2. The predicted molar refractivity (Wildman–Crippen MR) is 274 cm³/mol. The predicted octanol–water partition coefficient (Wildman–Crippen LogP) is -2.00. The zero-order valence-electron chi connectivity index (χ0n) is 42.9. The highest BCUT2D eigenvalue weighted by Gasteiger charge is 2.53. The van der Waals surface area contributed by atoms with Crippen molar-refractivity contribution in [1.29, 1.82) is 0 Å². The van der Waals surface area contributed by atoms with Crippen molar-refractivity contribution in [2.75, 3.05) is 64.4 Å². The van der Waals surface area contributed by atoms with Crippen molar-refractivity contribution >= 4 is 82.8 Å². The van der Waals surface area contributed by atoms with Gasteiger partial charge in [0.15, 0.2) is 29.4 Å². The number of aliphatic hydroxyl groups is 3. The van der Waals surface area contributed by atoms with E-state index in [0.717, 1.165) is 10.9 Å². The number of aromatic nitrogens is 10. The largest absolute Gasteiger partial charge is 0.479 e. The standard InChI is InChI=1S/C40H58N14O23P4/c1-51-17-54(33-25(51)35(59)50-40(43)48-33)36-26(55)18(7-9-68-2)20(73-36)12-72-81(66,67)77-79(62,63)11-10-78(60,61)70-14-22-29(30(69-3)38(75-22)52-15-45-23-19(41)6-4-5-8-44-31(23)52)76-80(64,65)71-13-21-27(56)28(57)37(74-21)53-16-46-24-32(53)47-39(42)49-34(24)58/h6,8,15-18,20-22,26-30,36-38,55-57H,4-5,7,9-14,41H2,1-3H3,(H9-,42,43,47,48,49,50,58,59,60,61,62,63,64,65,66,67)/p+1/b19-6+,44-8-/t18-,20-,21-,22?,26-,27-,28-,29-,30-,36-,37-,38-/m1/s1. The molecule has 0 spiro atoms. The van der Waals surface area contributed by atoms with Gasteiger partial charge in [0.2, 0.25) is 24.5 Å². The van der Waals surface area contributed by atoms with Gasteiger partial charge in [0.1, 0.15) is 48.4 Å². The van der Waals surface area contributed by atoms with E-state index in [4.69, 9.17) is 59.0 Å². The Labute approximate surface area is 455 Å². The third kappa shape index (κ3) is 13.0. The van der Waals surface area contributed by atoms with E-state index in [1.54, 1.807) is 12.3 Å². The lowest BCUT2D eigenvalue weighted by Gasteiger charge is -2.26. The maximum atomic E-state index is 13.8. The molecule has 0 aliphatic carbocycles. The van der Waals surface area contributed by atoms with Gasteiger partial charge in [-0.2, -0.15) is 14.5 Å². The molecule has 5 aromatic heterocycles. The molecule has 446 valence electrons. The Bertz CT molecular complexity index is 3520. The molecule has 0 amide bonds. The Hall–Kier alpha value is -5.04. The van der Waals surface area contributed by atoms with Gasteiger partial charge in [-0.15, -0.1) is 0 Å². The number of methoxy groups -OCH3 is 2. The van der Waals surface area contributed by atoms with Crippen LogP contribution in [0.25, 0.3) is 28.0 Å². The first-order chi connectivity index (χ1) is 38.2. The maximum Gasteiger partial charge on any atom is 0.479 e. The summed E-state index contributed by atoms with van der Waals surface area (Å²) in [5, 5.41) is 33.3. The monoisotopic (exact) mass is 1230 g/mol. The Morgan fingerprint density at radius 2 is 1.36 bits per heavy atom. The highest BCUT2D eigenvalue weighted by Crippen LogP contribution is 2.62. The van der Waals surface area contributed by atoms with Gasteiger partial charge in [0.05, 0.1) is 63.6 Å². The van der Waals surface area contributed by atoms with Crippen molar-refractivity contribution in [3.05, 3.63) is 51.5 Å². The summed E-state index contributed by atoms with van der Waals surface area (Å²) < 4.78 is 114. The van der Waals surface area contributed by atoms with E-state index >= 15 is 0 Å². The smallest absolute Gasteiger partial charge is 0.397 e. The van der Waals surface area contributed by atoms with E-state index in [9.17, 15) is 62.7 Å². The van der Waals surface area contributed by atoms with Crippen molar-refractivity contribution in [1.82, 2.24) is 43.6 Å². The van der Waals surface area contributed by atoms with E-state index in [-0.39, 0.29) is 64.5 Å². The number of fused-ring (bicyclic) bond motifs is 3. The molecule has 9 rings (SSSR count). The fourth-order valence-corrected chi connectivity index (χ4v) is 15.2. The highest BCUT2D eigenvalue weighted by molar-refractivity contribution is 7.64. The van der Waals surface area contributed by atoms with E-state index in [1.807, 2.05) is 0 Å². The van der Waals surface area contributed by atoms with Gasteiger partial charge in [0.25, 0.3) is 16.7 Å². The van der Waals surface area contributed by atoms with Crippen molar-refractivity contribution in [2.45, 2.75) is 86.8 Å². The summed E-state index contributed by atoms with van der Waals surface area (Å²) in [7, 11) is -17.2. The molecule has 0 radical (unpaired) electrons. The van der Waals surface area contributed by atoms with Gasteiger partial charge in [-0.05, 0) is 19.3 Å². The molecule has 3 fully saturated rings. The van der Waals surface area contributed by atoms with Gasteiger partial charge < -0.3 is 80.3 Å². The van der Waals surface area contributed by atoms with Gasteiger partial charge in [-0.1, -0.05) is 6.08 Å². The average Bonchev–Trinajstić information content (AvgIpc) is 4.46. The molecule has 3 saturated heterocycles. The number of nitrogens with one attached hydrogen (secondary N) is 2. The Morgan fingerprint density at radius 3 is 2.09 bits per heavy atom. The SMILES string of the molecule is COCC[C@H]1[C@@H](O)[C@H](n2c[n+](C)c3c(=O)[nH]c(N)nc32)O[C@@H]1COP(=O)(O)OP(=O)(O)CCP(=O)(O)OCC1O[C@@H](n2cnc3c2/N=C\CC/C=C\3N)[C@H](OC)[C@@H]1OP(=O)(O)OC[C@H]1O[C@@H](n2cnc3c(=O)[nH]c(N)nc32)[C@H](O)[C@@H]1O. The Balaban J connectivity index is 0.860. The Kier molecular flexibility index (Phi) is 17.9. The van der Waals surface area contributed by atoms with Crippen LogP contribution in [-0.4, -0.2) is 187 Å². The number of hydrogen-bond acceptors (Lipinski definition) is 27. The number of ether oxygens (including phenoxy) is 5. The number of nitrogen functional groups attached to an aromatic ring is 2. The molecule has 4 aliphatic rings. The second-order valence-corrected chi connectivity index (χ2v) is 25.9. The molecular formula is C40H59N14O23P4+. The van der Waals surface area contributed by atoms with Gasteiger partial charge in [-0.3, -0.25) is 51.4 Å². The number of H-pyrrole nitrogens is 2. The van der Waals surface area contributed by atoms with Crippen LogP contribution in [-0.2, 0) is 71.4 Å². The molecule has 4 aliphatic heterocycles. The van der Waals surface area contributed by atoms with Crippen molar-refractivity contribution in [3.8, 4) is 0 Å². The number of allylic oxidation sites excluding steroid dienone is 1. The van der Waals surface area contributed by atoms with E-state index in [1.165, 1.54) is 47.6 Å². The first kappa shape index (κ1) is 60.5. The molecule has 9 heterocycles. The number of nitrogens with two attached hydrogens (primary N) is 3. The number of rotatable bonds is 23. The van der Waals surface area contributed by atoms with Gasteiger partial charge in [-0.25, -0.2) is 33.0 Å². The van der Waals surface area contributed by atoms with Crippen LogP contribution in [0.5, 0.6) is 0 Å². The van der Waals surface area contributed by atoms with Crippen LogP contribution in [0.2, 0.25) is 0 Å². The number of phosphoric ester groups is 2. The maximum absolute atomic E-state index is 13.8. The van der Waals surface area contributed by atoms with Crippen molar-refractivity contribution in [2.24, 2.45) is 23.7 Å². The molecule has 5 aromatic rings. The summed E-state index contributed by atoms with van der Waals surface area (Å²) >= 11 is 0. The zero-order valence-corrected chi connectivity index (χ0v) is 46.5. The van der Waals surface area contributed by atoms with Crippen LogP contribution in [0.3, 0.4) is 0 Å². The van der Waals surface area contributed by atoms with Crippen molar-refractivity contribution in [3.63, 3.8) is 0 Å². The lowest BCUT2D eigenvalue weighted by atomic mass is 9.95. The summed E-state index contributed by atoms with van der Waals surface area (Å²) in [6.07, 6.45) is -10.8. The fraction of sp³-hybridized carbons (Fsp3) is 0.600. The number of aryl methyl sites for hydroxylation is 1. The molecule has 81 heavy (non-hydrogen) atoms. The number of anilines is 2. The normalized spacial score (nSPS) is 31.0. The van der Waals surface area contributed by atoms with E-state index in [0.29, 0.717) is 12.8 Å². The lowest BCUT2D eigenvalue weighted by molar-refractivity contribution is -0.646. The molecule has 5 unspecified atom stereocenters. The molecule has 0 aromatic carbocycles. The van der Waals surface area contributed by atoms with E-state index in [2.05, 4.69) is 39.2 Å². The zero-order chi connectivity index (χ0) is 58.5. The summed E-state index contributed by atoms with van der Waals surface area (Å²) in [6, 6.07) is 0. The van der Waals surface area contributed by atoms with E-state index < -0.39 is 148 Å². The number of imidazole rings is 3. The molecule has 0 saturated carbocycles. The van der Waals surface area contributed by atoms with Gasteiger partial charge >= 0.3 is 36.4 Å². The number of nitrogens with zero attached hydrogens (tertiary/aromatic N) is 9. The minimum atomic E-state index is -5.53. The molecule has 37 nitrogen and oxygen atoms in total. The van der Waals surface area contributed by atoms with Crippen LogP contribution < -0.4 is 32.9 Å². The number of aliphatic hydroxyl groups excluding tert-OH is 3. The minimum Gasteiger partial charge on any atom is -0.397 e. The van der Waals surface area contributed by atoms with Crippen LogP contribution in [0, 0.1) is 5.92 Å². The summed E-state index contributed by atoms with van der Waals surface area (Å²) in [5.74, 6) is -1.25. The minimum absolute atomic E-state index is 0.0303. The van der Waals surface area contributed by atoms with Crippen molar-refractivity contribution < 1.29 is 104 Å². The summed E-state index contributed by atoms with van der Waals surface area (Å²) in [5.41, 5.74) is 16.7. The second kappa shape index (κ2) is 23.9. The Morgan fingerprint density at radius 1 is 0.728 bits per heavy atom. The first-order valence-corrected chi connectivity index (χ1v) is 30.9. The number of phosphoric acid groups is 2. The third-order valence-electron chi connectivity index (χ3n) is 13.4. The average molecular weight is 1230 g/mol. The van der Waals surface area contributed by atoms with Crippen LogP contribution in [0.4, 0.5) is 17.7 Å². The van der Waals surface area contributed by atoms with Gasteiger partial charge in [0, 0.05) is 33.0 Å². The number of aliphatic imine (C=N–C) groups is 1.